The Morgan fingerprint density at radius 3 is 2.12 bits per heavy atom. The Kier molecular flexibility index (Phi) is 12.0. The van der Waals surface area contributed by atoms with Gasteiger partial charge < -0.3 is 43.4 Å². The van der Waals surface area contributed by atoms with Gasteiger partial charge in [-0.15, -0.1) is 0 Å². The number of hydrogen-bond acceptors (Lipinski definition) is 7. The molecule has 0 spiro atoms. The first-order valence-corrected chi connectivity index (χ1v) is 10.6. The molecular formula is C21H33N7O6. The molecule has 3 amide bonds. The first kappa shape index (κ1) is 28.3. The number of nitrogens with zero attached hydrogens (tertiary/aromatic N) is 1. The molecule has 0 radical (unpaired) electrons. The third-order valence-electron chi connectivity index (χ3n) is 4.76. The highest BCUT2D eigenvalue weighted by atomic mass is 16.4. The van der Waals surface area contributed by atoms with Gasteiger partial charge in [0.2, 0.25) is 17.7 Å². The van der Waals surface area contributed by atoms with Gasteiger partial charge in [0.05, 0.1) is 12.6 Å². The largest absolute Gasteiger partial charge is 0.480 e. The van der Waals surface area contributed by atoms with Crippen molar-refractivity contribution in [1.82, 2.24) is 16.0 Å². The van der Waals surface area contributed by atoms with Gasteiger partial charge >= 0.3 is 5.97 Å². The molecule has 1 rings (SSSR count). The van der Waals surface area contributed by atoms with Crippen LogP contribution >= 0.6 is 0 Å². The number of aliphatic hydroxyl groups excluding tert-OH is 1. The summed E-state index contributed by atoms with van der Waals surface area (Å²) in [6.45, 7) is 0.640. The summed E-state index contributed by atoms with van der Waals surface area (Å²) in [6, 6.07) is 4.37. The van der Waals surface area contributed by atoms with E-state index in [1.807, 2.05) is 30.3 Å². The molecule has 0 bridgehead atoms. The van der Waals surface area contributed by atoms with E-state index < -0.39 is 54.5 Å². The van der Waals surface area contributed by atoms with E-state index in [0.29, 0.717) is 6.42 Å². The van der Waals surface area contributed by atoms with Gasteiger partial charge in [-0.3, -0.25) is 24.2 Å². The second-order valence-electron chi connectivity index (χ2n) is 7.62. The third kappa shape index (κ3) is 10.3. The van der Waals surface area contributed by atoms with Crippen molar-refractivity contribution in [3.8, 4) is 0 Å². The van der Waals surface area contributed by atoms with Crippen LogP contribution in [0.1, 0.15) is 25.3 Å². The first-order chi connectivity index (χ1) is 16.0. The Morgan fingerprint density at radius 2 is 1.56 bits per heavy atom. The number of nitrogens with two attached hydrogens (primary N) is 3. The van der Waals surface area contributed by atoms with Crippen molar-refractivity contribution in [2.24, 2.45) is 22.2 Å². The van der Waals surface area contributed by atoms with Crippen LogP contribution in [0.3, 0.4) is 0 Å². The summed E-state index contributed by atoms with van der Waals surface area (Å²) in [5.74, 6) is -3.65. The first-order valence-electron chi connectivity index (χ1n) is 10.6. The second-order valence-corrected chi connectivity index (χ2v) is 7.62. The lowest BCUT2D eigenvalue weighted by atomic mass is 10.0. The Bertz CT molecular complexity index is 860. The number of aliphatic imine (C=N–C) groups is 1. The van der Waals surface area contributed by atoms with Crippen LogP contribution in [0.5, 0.6) is 0 Å². The second kappa shape index (κ2) is 14.4. The van der Waals surface area contributed by atoms with Gasteiger partial charge in [0, 0.05) is 6.54 Å². The summed E-state index contributed by atoms with van der Waals surface area (Å²) in [6.07, 6.45) is 0.664. The zero-order valence-electron chi connectivity index (χ0n) is 18.9. The lowest BCUT2D eigenvalue weighted by molar-refractivity contribution is -0.142. The fourth-order valence-corrected chi connectivity index (χ4v) is 2.85. The maximum atomic E-state index is 12.8. The molecule has 4 atom stereocenters. The molecule has 13 heteroatoms. The van der Waals surface area contributed by atoms with Crippen LogP contribution in [0.15, 0.2) is 35.3 Å². The highest BCUT2D eigenvalue weighted by molar-refractivity contribution is 5.94. The van der Waals surface area contributed by atoms with Crippen LogP contribution < -0.4 is 33.2 Å². The molecule has 4 unspecified atom stereocenters. The van der Waals surface area contributed by atoms with E-state index in [2.05, 4.69) is 20.9 Å². The van der Waals surface area contributed by atoms with Crippen molar-refractivity contribution in [2.45, 2.75) is 50.4 Å². The average Bonchev–Trinajstić information content (AvgIpc) is 2.79. The van der Waals surface area contributed by atoms with Gasteiger partial charge in [-0.1, -0.05) is 30.3 Å². The predicted molar refractivity (Wildman–Crippen MR) is 124 cm³/mol. The average molecular weight is 480 g/mol. The van der Waals surface area contributed by atoms with E-state index in [0.717, 1.165) is 5.56 Å². The molecule has 1 aromatic carbocycles. The fourth-order valence-electron chi connectivity index (χ4n) is 2.85. The van der Waals surface area contributed by atoms with Gasteiger partial charge in [-0.25, -0.2) is 0 Å². The van der Waals surface area contributed by atoms with Crippen LogP contribution in [0.4, 0.5) is 0 Å². The van der Waals surface area contributed by atoms with Crippen molar-refractivity contribution >= 4 is 29.7 Å². The minimum atomic E-state index is -1.43. The number of nitrogens with one attached hydrogen (secondary N) is 3. The molecule has 0 saturated carbocycles. The number of amides is 3. The van der Waals surface area contributed by atoms with E-state index in [1.54, 1.807) is 0 Å². The third-order valence-corrected chi connectivity index (χ3v) is 4.76. The minimum Gasteiger partial charge on any atom is -0.480 e. The number of carboxylic acid groups (broad SMARTS) is 1. The summed E-state index contributed by atoms with van der Waals surface area (Å²) in [5, 5.41) is 25.5. The Morgan fingerprint density at radius 1 is 0.971 bits per heavy atom. The van der Waals surface area contributed by atoms with Gasteiger partial charge in [0.15, 0.2) is 5.96 Å². The van der Waals surface area contributed by atoms with Crippen LogP contribution in [-0.2, 0) is 25.6 Å². The molecular weight excluding hydrogens is 446 g/mol. The summed E-state index contributed by atoms with van der Waals surface area (Å²) >= 11 is 0. The number of carboxylic acids is 1. The molecule has 1 aromatic rings. The number of aliphatic hydroxyl groups is 1. The zero-order valence-corrected chi connectivity index (χ0v) is 18.9. The smallest absolute Gasteiger partial charge is 0.325 e. The lowest BCUT2D eigenvalue weighted by Gasteiger charge is -2.24. The Balaban J connectivity index is 2.86. The fraction of sp³-hybridized carbons (Fsp3) is 0.476. The Hall–Kier alpha value is -3.71. The molecule has 0 aliphatic carbocycles. The van der Waals surface area contributed by atoms with Crippen molar-refractivity contribution in [3.63, 3.8) is 0 Å². The highest BCUT2D eigenvalue weighted by Gasteiger charge is 2.29. The van der Waals surface area contributed by atoms with Crippen molar-refractivity contribution < 1.29 is 29.4 Å². The topological polar surface area (TPSA) is 235 Å². The summed E-state index contributed by atoms with van der Waals surface area (Å²) in [7, 11) is 0. The van der Waals surface area contributed by atoms with E-state index in [9.17, 15) is 24.3 Å². The Labute approximate surface area is 197 Å². The summed E-state index contributed by atoms with van der Waals surface area (Å²) in [5.41, 5.74) is 17.4. The summed E-state index contributed by atoms with van der Waals surface area (Å²) < 4.78 is 0. The summed E-state index contributed by atoms with van der Waals surface area (Å²) in [4.78, 5) is 52.4. The normalized spacial score (nSPS) is 14.1. The number of hydrogen-bond donors (Lipinski definition) is 8. The van der Waals surface area contributed by atoms with Gasteiger partial charge in [0.25, 0.3) is 0 Å². The quantitative estimate of drug-likeness (QED) is 0.0778. The zero-order chi connectivity index (χ0) is 25.7. The van der Waals surface area contributed by atoms with Crippen LogP contribution in [0.25, 0.3) is 0 Å². The van der Waals surface area contributed by atoms with Crippen LogP contribution in [0, 0.1) is 0 Å². The lowest BCUT2D eigenvalue weighted by Crippen LogP contribution is -2.58. The number of rotatable bonds is 14. The standard InChI is InChI=1S/C21H33N7O6/c1-12(20(33)34)26-19(32)16(11-29)28-18(31)15(8-5-9-25-21(23)24)27-17(30)14(22)10-13-6-3-2-4-7-13/h2-4,6-7,12,14-16,29H,5,8-11,22H2,1H3,(H,26,32)(H,27,30)(H,28,31)(H,33,34)(H4,23,24,25). The van der Waals surface area contributed by atoms with E-state index in [1.165, 1.54) is 6.92 Å². The molecule has 0 heterocycles. The van der Waals surface area contributed by atoms with Crippen molar-refractivity contribution in [2.75, 3.05) is 13.2 Å². The maximum absolute atomic E-state index is 12.8. The molecule has 188 valence electrons. The molecule has 13 nitrogen and oxygen atoms in total. The van der Waals surface area contributed by atoms with Gasteiger partial charge in [-0.05, 0) is 31.7 Å². The molecule has 0 aliphatic rings. The monoisotopic (exact) mass is 479 g/mol. The maximum Gasteiger partial charge on any atom is 0.325 e. The van der Waals surface area contributed by atoms with Crippen LogP contribution in [-0.4, -0.2) is 77.2 Å². The molecule has 0 saturated heterocycles. The number of benzene rings is 1. The number of carbonyl (C=O) groups excluding carboxylic acids is 3. The SMILES string of the molecule is CC(NC(=O)C(CO)NC(=O)C(CCCN=C(N)N)NC(=O)C(N)Cc1ccccc1)C(=O)O. The van der Waals surface area contributed by atoms with Gasteiger partial charge in [-0.2, -0.15) is 0 Å². The van der Waals surface area contributed by atoms with Crippen molar-refractivity contribution in [3.05, 3.63) is 35.9 Å². The number of aliphatic carboxylic acids is 1. The minimum absolute atomic E-state index is 0.109. The molecule has 34 heavy (non-hydrogen) atoms. The molecule has 11 N–H and O–H groups in total. The van der Waals surface area contributed by atoms with E-state index in [4.69, 9.17) is 22.3 Å². The van der Waals surface area contributed by atoms with Crippen LogP contribution in [0.2, 0.25) is 0 Å². The molecule has 0 aliphatic heterocycles. The predicted octanol–water partition coefficient (Wildman–Crippen LogP) is -2.84. The van der Waals surface area contributed by atoms with E-state index in [-0.39, 0.29) is 25.3 Å². The molecule has 0 aromatic heterocycles. The highest BCUT2D eigenvalue weighted by Crippen LogP contribution is 2.05. The molecule has 0 fully saturated rings. The number of guanidine groups is 1. The van der Waals surface area contributed by atoms with Crippen molar-refractivity contribution in [1.29, 1.82) is 0 Å². The van der Waals surface area contributed by atoms with Gasteiger partial charge in [0.1, 0.15) is 18.1 Å². The number of carbonyl (C=O) groups is 4. The van der Waals surface area contributed by atoms with E-state index >= 15 is 0 Å².